The predicted molar refractivity (Wildman–Crippen MR) is 129 cm³/mol. The summed E-state index contributed by atoms with van der Waals surface area (Å²) in [6, 6.07) is 6.87. The lowest BCUT2D eigenvalue weighted by molar-refractivity contribution is -0.120. The fourth-order valence-electron chi connectivity index (χ4n) is 4.92. The van der Waals surface area contributed by atoms with Gasteiger partial charge < -0.3 is 19.5 Å². The number of carbonyl (C=O) groups is 2. The number of imidazole rings is 1. The van der Waals surface area contributed by atoms with Crippen LogP contribution in [0.25, 0.3) is 11.2 Å². The summed E-state index contributed by atoms with van der Waals surface area (Å²) >= 11 is 0. The minimum absolute atomic E-state index is 0.0587. The van der Waals surface area contributed by atoms with E-state index in [2.05, 4.69) is 24.8 Å². The monoisotopic (exact) mass is 462 g/mol. The Balaban J connectivity index is 1.33. The molecule has 1 saturated heterocycles. The summed E-state index contributed by atoms with van der Waals surface area (Å²) in [5.74, 6) is 1.25. The fraction of sp³-hybridized carbons (Fsp3) is 0.480. The molecular weight excluding hydrogens is 432 g/mol. The van der Waals surface area contributed by atoms with Crippen LogP contribution in [0.15, 0.2) is 30.6 Å². The molecule has 2 aromatic heterocycles. The first-order valence-electron chi connectivity index (χ1n) is 12.2. The van der Waals surface area contributed by atoms with E-state index in [0.29, 0.717) is 24.4 Å². The van der Waals surface area contributed by atoms with Crippen molar-refractivity contribution in [2.24, 2.45) is 5.92 Å². The highest BCUT2D eigenvalue weighted by Gasteiger charge is 2.29. The Morgan fingerprint density at radius 2 is 2.06 bits per heavy atom. The van der Waals surface area contributed by atoms with Crippen molar-refractivity contribution >= 4 is 34.5 Å². The summed E-state index contributed by atoms with van der Waals surface area (Å²) in [5.41, 5.74) is 2.75. The third-order valence-corrected chi connectivity index (χ3v) is 6.61. The number of benzene rings is 1. The number of anilines is 2. The van der Waals surface area contributed by atoms with Gasteiger partial charge in [-0.3, -0.25) is 4.79 Å². The van der Waals surface area contributed by atoms with Crippen molar-refractivity contribution < 1.29 is 14.3 Å². The zero-order valence-corrected chi connectivity index (χ0v) is 19.5. The maximum Gasteiger partial charge on any atom is 0.338 e. The number of carbonyl (C=O) groups excluding carboxylic acids is 2. The minimum atomic E-state index is -0.395. The van der Waals surface area contributed by atoms with Crippen LogP contribution in [0.2, 0.25) is 0 Å². The lowest BCUT2D eigenvalue weighted by Gasteiger charge is -2.32. The molecule has 1 N–H and O–H groups in total. The van der Waals surface area contributed by atoms with Crippen LogP contribution < -0.4 is 10.2 Å². The Labute approximate surface area is 198 Å². The summed E-state index contributed by atoms with van der Waals surface area (Å²) in [6.45, 7) is 4.42. The van der Waals surface area contributed by atoms with Gasteiger partial charge in [-0.2, -0.15) is 0 Å². The van der Waals surface area contributed by atoms with Gasteiger partial charge in [-0.25, -0.2) is 19.7 Å². The lowest BCUT2D eigenvalue weighted by atomic mass is 9.97. The third-order valence-electron chi connectivity index (χ3n) is 6.61. The first-order valence-corrected chi connectivity index (χ1v) is 12.2. The van der Waals surface area contributed by atoms with Crippen molar-refractivity contribution in [3.63, 3.8) is 0 Å². The Hall–Kier alpha value is -3.49. The summed E-state index contributed by atoms with van der Waals surface area (Å²) in [7, 11) is 0. The summed E-state index contributed by atoms with van der Waals surface area (Å²) in [5, 5.41) is 2.98. The van der Waals surface area contributed by atoms with E-state index in [0.717, 1.165) is 68.0 Å². The minimum Gasteiger partial charge on any atom is -0.462 e. The molecule has 2 aliphatic heterocycles. The van der Waals surface area contributed by atoms with Gasteiger partial charge in [0, 0.05) is 31.7 Å². The quantitative estimate of drug-likeness (QED) is 0.578. The standard InChI is InChI=1S/C25H30N6O3/c1-2-34-25(33)17-8-6-10-19(14-17)28-24(32)18-9-7-12-30(15-18)22-21-23(27-16-26-22)31-13-5-3-4-11-20(31)29-21/h6,8,10,14,16,18H,2-5,7,9,11-13,15H2,1H3,(H,28,32)/t18-/m1/s1. The number of rotatable bonds is 5. The number of hydrogen-bond donors (Lipinski definition) is 1. The van der Waals surface area contributed by atoms with E-state index < -0.39 is 5.97 Å². The van der Waals surface area contributed by atoms with Gasteiger partial charge in [-0.1, -0.05) is 12.5 Å². The van der Waals surface area contributed by atoms with Crippen molar-refractivity contribution in [2.45, 2.75) is 52.0 Å². The number of piperidine rings is 1. The van der Waals surface area contributed by atoms with Crippen molar-refractivity contribution in [2.75, 3.05) is 29.9 Å². The van der Waals surface area contributed by atoms with Crippen LogP contribution in [0.1, 0.15) is 55.2 Å². The zero-order chi connectivity index (χ0) is 23.5. The second-order valence-electron chi connectivity index (χ2n) is 8.94. The van der Waals surface area contributed by atoms with E-state index in [9.17, 15) is 9.59 Å². The first kappa shape index (κ1) is 22.3. The molecule has 4 heterocycles. The SMILES string of the molecule is CCOC(=O)c1cccc(NC(=O)[C@@H]2CCCN(c3ncnc4c3nc3n4CCCCC3)C2)c1. The van der Waals surface area contributed by atoms with Gasteiger partial charge in [0.05, 0.1) is 18.1 Å². The number of aromatic nitrogens is 4. The highest BCUT2D eigenvalue weighted by Crippen LogP contribution is 2.30. The van der Waals surface area contributed by atoms with Gasteiger partial charge in [0.25, 0.3) is 0 Å². The molecule has 9 heteroatoms. The maximum absolute atomic E-state index is 13.1. The molecule has 2 aliphatic rings. The van der Waals surface area contributed by atoms with E-state index in [4.69, 9.17) is 9.72 Å². The van der Waals surface area contributed by atoms with Gasteiger partial charge in [-0.05, 0) is 50.8 Å². The number of esters is 1. The fourth-order valence-corrected chi connectivity index (χ4v) is 4.92. The molecule has 9 nitrogen and oxygen atoms in total. The number of nitrogens with zero attached hydrogens (tertiary/aromatic N) is 5. The van der Waals surface area contributed by atoms with Gasteiger partial charge >= 0.3 is 5.97 Å². The summed E-state index contributed by atoms with van der Waals surface area (Å²) < 4.78 is 7.30. The Morgan fingerprint density at radius 3 is 2.94 bits per heavy atom. The molecule has 1 amide bonds. The highest BCUT2D eigenvalue weighted by molar-refractivity contribution is 5.96. The van der Waals surface area contributed by atoms with Gasteiger partial charge in [0.2, 0.25) is 5.91 Å². The van der Waals surface area contributed by atoms with Crippen molar-refractivity contribution in [1.29, 1.82) is 0 Å². The molecule has 1 atom stereocenters. The molecule has 1 aromatic carbocycles. The second kappa shape index (κ2) is 9.79. The molecule has 34 heavy (non-hydrogen) atoms. The molecule has 0 unspecified atom stereocenters. The first-order chi connectivity index (χ1) is 16.6. The average molecular weight is 463 g/mol. The van der Waals surface area contributed by atoms with Crippen LogP contribution >= 0.6 is 0 Å². The number of hydrogen-bond acceptors (Lipinski definition) is 7. The smallest absolute Gasteiger partial charge is 0.338 e. The van der Waals surface area contributed by atoms with Crippen LogP contribution in [-0.2, 0) is 22.5 Å². The number of ether oxygens (including phenoxy) is 1. The highest BCUT2D eigenvalue weighted by atomic mass is 16.5. The van der Waals surface area contributed by atoms with Crippen LogP contribution in [0.4, 0.5) is 11.5 Å². The molecule has 1 fully saturated rings. The molecule has 0 spiro atoms. The van der Waals surface area contributed by atoms with E-state index in [1.54, 1.807) is 37.5 Å². The Kier molecular flexibility index (Phi) is 6.42. The van der Waals surface area contributed by atoms with Gasteiger partial charge in [-0.15, -0.1) is 0 Å². The van der Waals surface area contributed by atoms with Crippen molar-refractivity contribution in [3.8, 4) is 0 Å². The van der Waals surface area contributed by atoms with Gasteiger partial charge in [0.1, 0.15) is 12.2 Å². The second-order valence-corrected chi connectivity index (χ2v) is 8.94. The van der Waals surface area contributed by atoms with Crippen LogP contribution in [-0.4, -0.2) is 51.1 Å². The molecule has 0 radical (unpaired) electrons. The predicted octanol–water partition coefficient (Wildman–Crippen LogP) is 3.58. The number of nitrogens with one attached hydrogen (secondary N) is 1. The topological polar surface area (TPSA) is 102 Å². The number of fused-ring (bicyclic) bond motifs is 3. The van der Waals surface area contributed by atoms with Crippen molar-refractivity contribution in [3.05, 3.63) is 42.0 Å². The van der Waals surface area contributed by atoms with E-state index in [-0.39, 0.29) is 11.8 Å². The Bertz CT molecular complexity index is 1210. The maximum atomic E-state index is 13.1. The van der Waals surface area contributed by atoms with Crippen LogP contribution in [0.5, 0.6) is 0 Å². The van der Waals surface area contributed by atoms with Crippen LogP contribution in [0, 0.1) is 5.92 Å². The van der Waals surface area contributed by atoms with E-state index >= 15 is 0 Å². The van der Waals surface area contributed by atoms with Crippen molar-refractivity contribution in [1.82, 2.24) is 19.5 Å². The molecule has 5 rings (SSSR count). The number of amides is 1. The lowest BCUT2D eigenvalue weighted by Crippen LogP contribution is -2.41. The van der Waals surface area contributed by atoms with Crippen LogP contribution in [0.3, 0.4) is 0 Å². The molecule has 178 valence electrons. The Morgan fingerprint density at radius 1 is 1.15 bits per heavy atom. The molecule has 0 aliphatic carbocycles. The zero-order valence-electron chi connectivity index (χ0n) is 19.5. The largest absolute Gasteiger partial charge is 0.462 e. The molecule has 3 aromatic rings. The molecule has 0 bridgehead atoms. The average Bonchev–Trinajstić information content (AvgIpc) is 3.05. The number of aryl methyl sites for hydroxylation is 2. The normalized spacial score (nSPS) is 18.3. The molecular formula is C25H30N6O3. The van der Waals surface area contributed by atoms with E-state index in [1.807, 2.05) is 0 Å². The summed E-state index contributed by atoms with van der Waals surface area (Å²) in [4.78, 5) is 41.3. The van der Waals surface area contributed by atoms with Gasteiger partial charge in [0.15, 0.2) is 17.0 Å². The molecule has 0 saturated carbocycles. The van der Waals surface area contributed by atoms with E-state index in [1.165, 1.54) is 6.42 Å². The third kappa shape index (κ3) is 4.47. The summed E-state index contributed by atoms with van der Waals surface area (Å²) in [6.07, 6.45) is 7.77.